The molecule has 0 aliphatic heterocycles. The van der Waals surface area contributed by atoms with Gasteiger partial charge in [0, 0.05) is 6.92 Å². The van der Waals surface area contributed by atoms with Crippen molar-refractivity contribution in [1.82, 2.24) is 14.9 Å². The molecule has 0 aliphatic rings. The minimum absolute atomic E-state index is 0.00817. The molecule has 1 N–H and O–H groups in total. The van der Waals surface area contributed by atoms with Crippen molar-refractivity contribution >= 4 is 37.3 Å². The van der Waals surface area contributed by atoms with Crippen LogP contribution >= 0.6 is 27.3 Å². The van der Waals surface area contributed by atoms with Gasteiger partial charge in [0.1, 0.15) is 4.21 Å². The molecule has 0 fully saturated rings. The number of aryl methyl sites for hydroxylation is 2. The average molecular weight is 352 g/mol. The zero-order valence-electron chi connectivity index (χ0n) is 9.60. The van der Waals surface area contributed by atoms with Crippen molar-refractivity contribution in [1.29, 1.82) is 0 Å². The van der Waals surface area contributed by atoms with Crippen LogP contribution < -0.4 is 4.72 Å². The number of hydrogen-bond donors (Lipinski definition) is 1. The summed E-state index contributed by atoms with van der Waals surface area (Å²) >= 11 is 4.46. The smallest absolute Gasteiger partial charge is 0.250 e. The second kappa shape index (κ2) is 5.08. The predicted octanol–water partition coefficient (Wildman–Crippen LogP) is 1.99. The van der Waals surface area contributed by atoms with E-state index in [9.17, 15) is 8.42 Å². The molecule has 0 unspecified atom stereocenters. The summed E-state index contributed by atoms with van der Waals surface area (Å²) < 4.78 is 32.2. The molecule has 0 amide bonds. The molecule has 9 heteroatoms. The summed E-state index contributed by atoms with van der Waals surface area (Å²) in [5.74, 6) is 0.710. The molecule has 0 saturated carbocycles. The number of halogens is 1. The Bertz CT molecular complexity index is 643. The minimum atomic E-state index is -3.53. The molecule has 0 bridgehead atoms. The van der Waals surface area contributed by atoms with Crippen LogP contribution in [0.2, 0.25) is 0 Å². The Morgan fingerprint density at radius 1 is 1.50 bits per heavy atom. The van der Waals surface area contributed by atoms with Gasteiger partial charge in [0.15, 0.2) is 5.82 Å². The summed E-state index contributed by atoms with van der Waals surface area (Å²) in [6.45, 7) is 3.49. The van der Waals surface area contributed by atoms with E-state index in [0.29, 0.717) is 11.7 Å². The first kappa shape index (κ1) is 13.7. The fraction of sp³-hybridized carbons (Fsp3) is 0.333. The van der Waals surface area contributed by atoms with Gasteiger partial charge in [0.05, 0.1) is 10.3 Å². The van der Waals surface area contributed by atoms with Crippen LogP contribution in [0.25, 0.3) is 0 Å². The van der Waals surface area contributed by atoms with Crippen molar-refractivity contribution in [2.24, 2.45) is 0 Å². The van der Waals surface area contributed by atoms with Crippen molar-refractivity contribution in [3.05, 3.63) is 27.1 Å². The lowest BCUT2D eigenvalue weighted by Crippen LogP contribution is -2.23. The topological polar surface area (TPSA) is 85.1 Å². The third-order valence-electron chi connectivity index (χ3n) is 2.09. The number of hydrogen-bond acceptors (Lipinski definition) is 6. The van der Waals surface area contributed by atoms with Gasteiger partial charge in [-0.05, 0) is 34.5 Å². The lowest BCUT2D eigenvalue weighted by atomic mass is 10.4. The number of aromatic nitrogens is 2. The van der Waals surface area contributed by atoms with Crippen LogP contribution in [0.5, 0.6) is 0 Å². The molecule has 6 nitrogen and oxygen atoms in total. The van der Waals surface area contributed by atoms with Crippen LogP contribution in [-0.2, 0) is 16.6 Å². The summed E-state index contributed by atoms with van der Waals surface area (Å²) in [4.78, 5) is 3.92. The third-order valence-corrected chi connectivity index (χ3v) is 6.10. The van der Waals surface area contributed by atoms with Crippen molar-refractivity contribution in [2.75, 3.05) is 0 Å². The first-order valence-corrected chi connectivity index (χ1v) is 8.02. The maximum atomic E-state index is 12.0. The molecule has 2 rings (SSSR count). The molecule has 0 aromatic carbocycles. The lowest BCUT2D eigenvalue weighted by Gasteiger charge is -2.00. The maximum absolute atomic E-state index is 12.0. The zero-order valence-corrected chi connectivity index (χ0v) is 12.8. The largest absolute Gasteiger partial charge is 0.340 e. The van der Waals surface area contributed by atoms with Crippen molar-refractivity contribution in [2.45, 2.75) is 24.6 Å². The Labute approximate surface area is 117 Å². The first-order chi connectivity index (χ1) is 8.38. The Morgan fingerprint density at radius 2 is 2.22 bits per heavy atom. The highest BCUT2D eigenvalue weighted by atomic mass is 79.9. The predicted molar refractivity (Wildman–Crippen MR) is 69.8 cm³/mol. The van der Waals surface area contributed by atoms with E-state index < -0.39 is 10.0 Å². The van der Waals surface area contributed by atoms with Crippen molar-refractivity contribution in [3.8, 4) is 0 Å². The van der Waals surface area contributed by atoms with Crippen molar-refractivity contribution < 1.29 is 12.9 Å². The van der Waals surface area contributed by atoms with Gasteiger partial charge in [-0.2, -0.15) is 4.98 Å². The average Bonchev–Trinajstić information content (AvgIpc) is 2.84. The Kier molecular flexibility index (Phi) is 3.85. The molecule has 2 aromatic heterocycles. The summed E-state index contributed by atoms with van der Waals surface area (Å²) in [5, 5.41) is 3.62. The van der Waals surface area contributed by atoms with Gasteiger partial charge in [0.2, 0.25) is 5.89 Å². The van der Waals surface area contributed by atoms with Gasteiger partial charge in [-0.3, -0.25) is 0 Å². The van der Waals surface area contributed by atoms with Crippen LogP contribution in [-0.4, -0.2) is 18.6 Å². The molecule has 0 atom stereocenters. The Hall–Kier alpha value is -0.770. The molecule has 0 radical (unpaired) electrons. The molecular formula is C9H10BrN3O3S2. The van der Waals surface area contributed by atoms with E-state index in [1.165, 1.54) is 0 Å². The highest BCUT2D eigenvalue weighted by molar-refractivity contribution is 9.11. The molecule has 0 aliphatic carbocycles. The summed E-state index contributed by atoms with van der Waals surface area (Å²) in [7, 11) is -3.53. The molecule has 0 spiro atoms. The highest BCUT2D eigenvalue weighted by Crippen LogP contribution is 2.30. The van der Waals surface area contributed by atoms with Crippen LogP contribution in [0, 0.1) is 13.8 Å². The fourth-order valence-electron chi connectivity index (χ4n) is 1.21. The van der Waals surface area contributed by atoms with Gasteiger partial charge in [-0.1, -0.05) is 5.16 Å². The molecule has 18 heavy (non-hydrogen) atoms. The van der Waals surface area contributed by atoms with Crippen LogP contribution in [0.15, 0.2) is 18.6 Å². The van der Waals surface area contributed by atoms with Crippen molar-refractivity contribution in [3.63, 3.8) is 0 Å². The zero-order chi connectivity index (χ0) is 13.3. The van der Waals surface area contributed by atoms with Gasteiger partial charge in [-0.25, -0.2) is 13.1 Å². The molecule has 0 saturated heterocycles. The van der Waals surface area contributed by atoms with E-state index in [1.54, 1.807) is 13.0 Å². The second-order valence-corrected chi connectivity index (χ2v) is 7.94. The second-order valence-electron chi connectivity index (χ2n) is 3.58. The van der Waals surface area contributed by atoms with Gasteiger partial charge < -0.3 is 4.52 Å². The number of nitrogens with one attached hydrogen (secondary N) is 1. The third kappa shape index (κ3) is 2.97. The SMILES string of the molecule is Cc1nc(CNS(=O)(=O)c2cc(C)c(Br)s2)no1. The maximum Gasteiger partial charge on any atom is 0.250 e. The standard InChI is InChI=1S/C9H10BrN3O3S2/c1-5-3-8(17-9(5)10)18(14,15)11-4-7-12-6(2)16-13-7/h3,11H,4H2,1-2H3. The fourth-order valence-corrected chi connectivity index (χ4v) is 4.46. The van der Waals surface area contributed by atoms with E-state index >= 15 is 0 Å². The highest BCUT2D eigenvalue weighted by Gasteiger charge is 2.18. The number of sulfonamides is 1. The van der Waals surface area contributed by atoms with Crippen LogP contribution in [0.3, 0.4) is 0 Å². The van der Waals surface area contributed by atoms with Gasteiger partial charge >= 0.3 is 0 Å². The van der Waals surface area contributed by atoms with E-state index in [-0.39, 0.29) is 10.8 Å². The van der Waals surface area contributed by atoms with Gasteiger partial charge in [-0.15, -0.1) is 11.3 Å². The quantitative estimate of drug-likeness (QED) is 0.910. The molecule has 2 heterocycles. The van der Waals surface area contributed by atoms with E-state index in [4.69, 9.17) is 4.52 Å². The Morgan fingerprint density at radius 3 is 2.72 bits per heavy atom. The number of nitrogens with zero attached hydrogens (tertiary/aromatic N) is 2. The monoisotopic (exact) mass is 351 g/mol. The number of rotatable bonds is 4. The molecule has 98 valence electrons. The first-order valence-electron chi connectivity index (χ1n) is 4.93. The van der Waals surface area contributed by atoms with Gasteiger partial charge in [0.25, 0.3) is 10.0 Å². The minimum Gasteiger partial charge on any atom is -0.340 e. The lowest BCUT2D eigenvalue weighted by molar-refractivity contribution is 0.387. The normalized spacial score (nSPS) is 11.9. The summed E-state index contributed by atoms with van der Waals surface area (Å²) in [6.07, 6.45) is 0. The van der Waals surface area contributed by atoms with Crippen LogP contribution in [0.4, 0.5) is 0 Å². The summed E-state index contributed by atoms with van der Waals surface area (Å²) in [6, 6.07) is 1.61. The molecule has 2 aromatic rings. The molecular weight excluding hydrogens is 342 g/mol. The van der Waals surface area contributed by atoms with E-state index in [0.717, 1.165) is 20.7 Å². The van der Waals surface area contributed by atoms with Crippen LogP contribution in [0.1, 0.15) is 17.3 Å². The summed E-state index contributed by atoms with van der Waals surface area (Å²) in [5.41, 5.74) is 0.885. The number of thiophene rings is 1. The van der Waals surface area contributed by atoms with E-state index in [2.05, 4.69) is 30.8 Å². The van der Waals surface area contributed by atoms with E-state index in [1.807, 2.05) is 6.92 Å². The Balaban J connectivity index is 2.12.